The van der Waals surface area contributed by atoms with Gasteiger partial charge < -0.3 is 14.4 Å². The zero-order valence-electron chi connectivity index (χ0n) is 15.0. The normalized spacial score (nSPS) is 18.2. The molecule has 1 atom stereocenters. The van der Waals surface area contributed by atoms with E-state index in [2.05, 4.69) is 6.07 Å². The lowest BCUT2D eigenvalue weighted by atomic mass is 9.89. The molecule has 0 bridgehead atoms. The second-order valence-electron chi connectivity index (χ2n) is 7.26. The highest BCUT2D eigenvalue weighted by Crippen LogP contribution is 2.28. The van der Waals surface area contributed by atoms with Crippen LogP contribution in [0.4, 0.5) is 4.79 Å². The van der Waals surface area contributed by atoms with E-state index in [-0.39, 0.29) is 24.4 Å². The summed E-state index contributed by atoms with van der Waals surface area (Å²) in [6.45, 7) is 7.01. The molecule has 5 heteroatoms. The number of carbonyl (C=O) groups excluding carboxylic acids is 2. The van der Waals surface area contributed by atoms with Crippen LogP contribution in [0.3, 0.4) is 0 Å². The molecule has 0 N–H and O–H groups in total. The van der Waals surface area contributed by atoms with Gasteiger partial charge in [-0.2, -0.15) is 0 Å². The van der Waals surface area contributed by atoms with E-state index < -0.39 is 5.60 Å². The minimum absolute atomic E-state index is 0.244. The maximum Gasteiger partial charge on any atom is 0.410 e. The van der Waals surface area contributed by atoms with Crippen molar-refractivity contribution in [3.63, 3.8) is 0 Å². The molecule has 1 heterocycles. The number of amides is 1. The van der Waals surface area contributed by atoms with Crippen LogP contribution in [-0.2, 0) is 20.7 Å². The van der Waals surface area contributed by atoms with Gasteiger partial charge in [0.05, 0.1) is 13.5 Å². The van der Waals surface area contributed by atoms with E-state index in [1.54, 1.807) is 4.90 Å². The second kappa shape index (κ2) is 7.69. The van der Waals surface area contributed by atoms with Gasteiger partial charge in [0.2, 0.25) is 0 Å². The molecule has 0 aliphatic carbocycles. The lowest BCUT2D eigenvalue weighted by molar-refractivity contribution is -0.139. The van der Waals surface area contributed by atoms with Gasteiger partial charge in [0.25, 0.3) is 0 Å². The molecule has 1 unspecified atom stereocenters. The first-order chi connectivity index (χ1) is 11.3. The number of ether oxygens (including phenoxy) is 2. The Balaban J connectivity index is 2.05. The van der Waals surface area contributed by atoms with Crippen molar-refractivity contribution in [3.8, 4) is 0 Å². The van der Waals surface area contributed by atoms with Crippen molar-refractivity contribution >= 4 is 12.1 Å². The minimum Gasteiger partial charge on any atom is -0.469 e. The Kier molecular flexibility index (Phi) is 5.86. The van der Waals surface area contributed by atoms with Crippen molar-refractivity contribution in [3.05, 3.63) is 35.4 Å². The fourth-order valence-electron chi connectivity index (χ4n) is 2.94. The van der Waals surface area contributed by atoms with Gasteiger partial charge in [0.15, 0.2) is 0 Å². The molecule has 0 spiro atoms. The zero-order chi connectivity index (χ0) is 17.7. The van der Waals surface area contributed by atoms with Crippen molar-refractivity contribution in [1.29, 1.82) is 0 Å². The van der Waals surface area contributed by atoms with Crippen LogP contribution >= 0.6 is 0 Å². The minimum atomic E-state index is -0.482. The van der Waals surface area contributed by atoms with Crippen LogP contribution in [0.25, 0.3) is 0 Å². The van der Waals surface area contributed by atoms with Gasteiger partial charge >= 0.3 is 12.1 Å². The molecule has 1 aromatic rings. The van der Waals surface area contributed by atoms with Crippen LogP contribution in [0, 0.1) is 0 Å². The highest BCUT2D eigenvalue weighted by atomic mass is 16.6. The Hall–Kier alpha value is -2.04. The van der Waals surface area contributed by atoms with Crippen molar-refractivity contribution in [1.82, 2.24) is 4.90 Å². The maximum atomic E-state index is 12.3. The first-order valence-electron chi connectivity index (χ1n) is 8.42. The van der Waals surface area contributed by atoms with E-state index >= 15 is 0 Å². The van der Waals surface area contributed by atoms with Crippen molar-refractivity contribution in [2.24, 2.45) is 0 Å². The summed E-state index contributed by atoms with van der Waals surface area (Å²) in [5.74, 6) is 0.0232. The standard InChI is InChI=1S/C19H27NO4/c1-19(2,3)24-18(22)20-10-6-9-16(13-20)15-8-5-7-14(11-15)12-17(21)23-4/h5,7-8,11,16H,6,9-10,12-13H2,1-4H3. The highest BCUT2D eigenvalue weighted by molar-refractivity contribution is 5.72. The molecule has 24 heavy (non-hydrogen) atoms. The summed E-state index contributed by atoms with van der Waals surface area (Å²) in [6, 6.07) is 7.99. The monoisotopic (exact) mass is 333 g/mol. The molecule has 132 valence electrons. The Morgan fingerprint density at radius 2 is 2.04 bits per heavy atom. The molecule has 1 saturated heterocycles. The van der Waals surface area contributed by atoms with E-state index in [4.69, 9.17) is 9.47 Å². The van der Waals surface area contributed by atoms with E-state index in [1.165, 1.54) is 7.11 Å². The molecule has 2 rings (SSSR count). The molecule has 1 amide bonds. The Bertz CT molecular complexity index is 591. The average molecular weight is 333 g/mol. The Morgan fingerprint density at radius 3 is 2.71 bits per heavy atom. The summed E-state index contributed by atoms with van der Waals surface area (Å²) in [5, 5.41) is 0. The quantitative estimate of drug-likeness (QED) is 0.794. The smallest absolute Gasteiger partial charge is 0.410 e. The summed E-state index contributed by atoms with van der Waals surface area (Å²) in [5.41, 5.74) is 1.61. The van der Waals surface area contributed by atoms with Crippen LogP contribution in [0.5, 0.6) is 0 Å². The largest absolute Gasteiger partial charge is 0.469 e. The SMILES string of the molecule is COC(=O)Cc1cccc(C2CCCN(C(=O)OC(C)(C)C)C2)c1. The second-order valence-corrected chi connectivity index (χ2v) is 7.26. The topological polar surface area (TPSA) is 55.8 Å². The number of hydrogen-bond donors (Lipinski definition) is 0. The molecule has 0 aromatic heterocycles. The summed E-state index contributed by atoms with van der Waals surface area (Å²) < 4.78 is 10.2. The van der Waals surface area contributed by atoms with Gasteiger partial charge in [-0.1, -0.05) is 24.3 Å². The number of esters is 1. The fraction of sp³-hybridized carbons (Fsp3) is 0.579. The lowest BCUT2D eigenvalue weighted by Gasteiger charge is -2.34. The van der Waals surface area contributed by atoms with Gasteiger partial charge in [0.1, 0.15) is 5.60 Å². The summed E-state index contributed by atoms with van der Waals surface area (Å²) >= 11 is 0. The third-order valence-electron chi connectivity index (χ3n) is 4.07. The molecular formula is C19H27NO4. The number of benzene rings is 1. The first kappa shape index (κ1) is 18.3. The van der Waals surface area contributed by atoms with E-state index in [9.17, 15) is 9.59 Å². The first-order valence-corrected chi connectivity index (χ1v) is 8.42. The van der Waals surface area contributed by atoms with Crippen LogP contribution < -0.4 is 0 Å². The lowest BCUT2D eigenvalue weighted by Crippen LogP contribution is -2.42. The van der Waals surface area contributed by atoms with Crippen LogP contribution in [-0.4, -0.2) is 42.8 Å². The number of nitrogens with zero attached hydrogens (tertiary/aromatic N) is 1. The third-order valence-corrected chi connectivity index (χ3v) is 4.07. The van der Waals surface area contributed by atoms with Gasteiger partial charge in [-0.15, -0.1) is 0 Å². The maximum absolute atomic E-state index is 12.3. The molecule has 1 aliphatic heterocycles. The zero-order valence-corrected chi connectivity index (χ0v) is 15.0. The number of methoxy groups -OCH3 is 1. The predicted octanol–water partition coefficient (Wildman–Crippen LogP) is 3.52. The predicted molar refractivity (Wildman–Crippen MR) is 91.9 cm³/mol. The number of hydrogen-bond acceptors (Lipinski definition) is 4. The van der Waals surface area contributed by atoms with Crippen molar-refractivity contribution in [2.75, 3.05) is 20.2 Å². The average Bonchev–Trinajstić information content (AvgIpc) is 2.53. The summed E-state index contributed by atoms with van der Waals surface area (Å²) in [4.78, 5) is 25.5. The van der Waals surface area contributed by atoms with E-state index in [1.807, 2.05) is 39.0 Å². The van der Waals surface area contributed by atoms with E-state index in [0.29, 0.717) is 6.54 Å². The van der Waals surface area contributed by atoms with Gasteiger partial charge in [-0.3, -0.25) is 4.79 Å². The summed E-state index contributed by atoms with van der Waals surface area (Å²) in [6.07, 6.45) is 2.00. The van der Waals surface area contributed by atoms with Crippen molar-refractivity contribution in [2.45, 2.75) is 51.6 Å². The van der Waals surface area contributed by atoms with Crippen LogP contribution in [0.15, 0.2) is 24.3 Å². The number of likely N-dealkylation sites (tertiary alicyclic amines) is 1. The van der Waals surface area contributed by atoms with Gasteiger partial charge in [0, 0.05) is 19.0 Å². The number of carbonyl (C=O) groups is 2. The molecule has 1 aromatic carbocycles. The molecule has 1 aliphatic rings. The third kappa shape index (κ3) is 5.25. The Morgan fingerprint density at radius 1 is 1.29 bits per heavy atom. The number of rotatable bonds is 3. The Labute approximate surface area is 143 Å². The summed E-state index contributed by atoms with van der Waals surface area (Å²) in [7, 11) is 1.39. The number of piperidine rings is 1. The highest BCUT2D eigenvalue weighted by Gasteiger charge is 2.28. The fourth-order valence-corrected chi connectivity index (χ4v) is 2.94. The molecule has 0 radical (unpaired) electrons. The van der Waals surface area contributed by atoms with Gasteiger partial charge in [-0.25, -0.2) is 4.79 Å². The van der Waals surface area contributed by atoms with Crippen LogP contribution in [0.2, 0.25) is 0 Å². The molecule has 1 fully saturated rings. The van der Waals surface area contributed by atoms with Crippen LogP contribution in [0.1, 0.15) is 50.7 Å². The van der Waals surface area contributed by atoms with Gasteiger partial charge in [-0.05, 0) is 44.7 Å². The van der Waals surface area contributed by atoms with Crippen molar-refractivity contribution < 1.29 is 19.1 Å². The molecule has 5 nitrogen and oxygen atoms in total. The molecular weight excluding hydrogens is 306 g/mol. The molecule has 0 saturated carbocycles. The van der Waals surface area contributed by atoms with E-state index in [0.717, 1.165) is 30.5 Å².